The summed E-state index contributed by atoms with van der Waals surface area (Å²) in [6.07, 6.45) is 9.60. The molecule has 2 aromatic rings. The molecule has 2 unspecified atom stereocenters. The van der Waals surface area contributed by atoms with Crippen molar-refractivity contribution in [3.63, 3.8) is 0 Å². The van der Waals surface area contributed by atoms with E-state index in [2.05, 4.69) is 31.0 Å². The summed E-state index contributed by atoms with van der Waals surface area (Å²) >= 11 is 0. The molecule has 3 rings (SSSR count). The molecule has 1 aliphatic heterocycles. The van der Waals surface area contributed by atoms with Crippen molar-refractivity contribution in [2.75, 3.05) is 13.2 Å². The van der Waals surface area contributed by atoms with E-state index in [-0.39, 0.29) is 6.10 Å². The Morgan fingerprint density at radius 1 is 1.32 bits per heavy atom. The van der Waals surface area contributed by atoms with E-state index in [0.29, 0.717) is 13.2 Å². The monoisotopic (exact) mass is 344 g/mol. The molecule has 0 amide bonds. The second kappa shape index (κ2) is 8.50. The van der Waals surface area contributed by atoms with Gasteiger partial charge in [0.15, 0.2) is 5.79 Å². The van der Waals surface area contributed by atoms with E-state index >= 15 is 0 Å². The van der Waals surface area contributed by atoms with Crippen LogP contribution in [0.2, 0.25) is 0 Å². The Labute approximate surface area is 149 Å². The molecule has 136 valence electrons. The van der Waals surface area contributed by atoms with Crippen LogP contribution in [0.4, 0.5) is 0 Å². The summed E-state index contributed by atoms with van der Waals surface area (Å²) in [6.45, 7) is 6.30. The number of nitrogens with zero attached hydrogens (tertiary/aromatic N) is 2. The van der Waals surface area contributed by atoms with E-state index in [1.165, 1.54) is 5.56 Å². The Morgan fingerprint density at radius 3 is 2.80 bits per heavy atom. The van der Waals surface area contributed by atoms with Crippen molar-refractivity contribution in [2.24, 2.45) is 0 Å². The highest BCUT2D eigenvalue weighted by molar-refractivity contribution is 5.27. The number of aryl methyl sites for hydroxylation is 1. The predicted octanol–water partition coefficient (Wildman–Crippen LogP) is 3.83. The van der Waals surface area contributed by atoms with Gasteiger partial charge in [-0.2, -0.15) is 0 Å². The molecule has 5 nitrogen and oxygen atoms in total. The number of unbranched alkanes of at least 4 members (excludes halogenated alkanes) is 1. The van der Waals surface area contributed by atoms with Crippen LogP contribution in [0.3, 0.4) is 0 Å². The van der Waals surface area contributed by atoms with Gasteiger partial charge in [0.05, 0.1) is 32.2 Å². The third-order valence-corrected chi connectivity index (χ3v) is 4.46. The van der Waals surface area contributed by atoms with Gasteiger partial charge in [-0.3, -0.25) is 0 Å². The van der Waals surface area contributed by atoms with Gasteiger partial charge in [0.25, 0.3) is 0 Å². The number of ether oxygens (including phenoxy) is 3. The maximum absolute atomic E-state index is 6.14. The Kier molecular flexibility index (Phi) is 6.10. The molecule has 0 spiro atoms. The van der Waals surface area contributed by atoms with Crippen LogP contribution < -0.4 is 4.74 Å². The zero-order valence-corrected chi connectivity index (χ0v) is 15.2. The summed E-state index contributed by atoms with van der Waals surface area (Å²) in [5.41, 5.74) is 1.26. The number of benzene rings is 1. The molecule has 0 aliphatic carbocycles. The van der Waals surface area contributed by atoms with Crippen molar-refractivity contribution in [3.8, 4) is 5.75 Å². The van der Waals surface area contributed by atoms with Gasteiger partial charge < -0.3 is 18.8 Å². The van der Waals surface area contributed by atoms with Crippen molar-refractivity contribution < 1.29 is 14.2 Å². The average Bonchev–Trinajstić information content (AvgIpc) is 3.25. The van der Waals surface area contributed by atoms with Crippen molar-refractivity contribution in [3.05, 3.63) is 48.5 Å². The van der Waals surface area contributed by atoms with Gasteiger partial charge in [-0.15, -0.1) is 0 Å². The summed E-state index contributed by atoms with van der Waals surface area (Å²) in [4.78, 5) is 4.11. The first-order valence-corrected chi connectivity index (χ1v) is 9.18. The molecule has 0 radical (unpaired) electrons. The smallest absolute Gasteiger partial charge is 0.187 e. The maximum atomic E-state index is 6.14. The molecule has 0 bridgehead atoms. The van der Waals surface area contributed by atoms with Crippen LogP contribution >= 0.6 is 0 Å². The Morgan fingerprint density at radius 2 is 2.16 bits per heavy atom. The number of rotatable bonds is 9. The van der Waals surface area contributed by atoms with Gasteiger partial charge in [-0.05, 0) is 37.5 Å². The first-order valence-electron chi connectivity index (χ1n) is 9.18. The van der Waals surface area contributed by atoms with Crippen molar-refractivity contribution in [1.82, 2.24) is 9.55 Å². The van der Waals surface area contributed by atoms with E-state index in [0.717, 1.165) is 38.0 Å². The normalized spacial score (nSPS) is 23.0. The van der Waals surface area contributed by atoms with Crippen LogP contribution in [-0.4, -0.2) is 34.7 Å². The third kappa shape index (κ3) is 5.06. The van der Waals surface area contributed by atoms with Crippen LogP contribution in [0.5, 0.6) is 5.75 Å². The van der Waals surface area contributed by atoms with E-state index in [4.69, 9.17) is 14.2 Å². The fraction of sp³-hybridized carbons (Fsp3) is 0.550. The molecule has 1 aliphatic rings. The lowest BCUT2D eigenvalue weighted by Gasteiger charge is -2.28. The molecule has 0 N–H and O–H groups in total. The van der Waals surface area contributed by atoms with E-state index < -0.39 is 5.79 Å². The Bertz CT molecular complexity index is 627. The van der Waals surface area contributed by atoms with Crippen LogP contribution in [0, 0.1) is 0 Å². The molecule has 1 aromatic carbocycles. The Hall–Kier alpha value is -1.85. The number of hydrogen-bond donors (Lipinski definition) is 0. The zero-order valence-electron chi connectivity index (χ0n) is 15.2. The lowest BCUT2D eigenvalue weighted by atomic mass is 10.0. The summed E-state index contributed by atoms with van der Waals surface area (Å²) in [7, 11) is 0. The molecule has 0 saturated carbocycles. The number of aromatic nitrogens is 2. The minimum absolute atomic E-state index is 0.123. The summed E-state index contributed by atoms with van der Waals surface area (Å²) < 4.78 is 19.9. The van der Waals surface area contributed by atoms with Gasteiger partial charge in [0.2, 0.25) is 0 Å². The van der Waals surface area contributed by atoms with Gasteiger partial charge in [0, 0.05) is 18.8 Å². The van der Waals surface area contributed by atoms with Crippen LogP contribution in [-0.2, 0) is 22.4 Å². The molecule has 1 fully saturated rings. The first-order chi connectivity index (χ1) is 12.2. The fourth-order valence-corrected chi connectivity index (χ4v) is 3.08. The molecule has 1 saturated heterocycles. The van der Waals surface area contributed by atoms with Crippen LogP contribution in [0.1, 0.15) is 38.7 Å². The molecule has 2 heterocycles. The van der Waals surface area contributed by atoms with Gasteiger partial charge in [-0.25, -0.2) is 4.98 Å². The number of hydrogen-bond acceptors (Lipinski definition) is 4. The minimum atomic E-state index is -0.573. The maximum Gasteiger partial charge on any atom is 0.187 e. The van der Waals surface area contributed by atoms with Gasteiger partial charge in [-0.1, -0.05) is 25.5 Å². The van der Waals surface area contributed by atoms with Crippen LogP contribution in [0.25, 0.3) is 0 Å². The molecule has 1 aromatic heterocycles. The highest BCUT2D eigenvalue weighted by Crippen LogP contribution is 2.30. The minimum Gasteiger partial charge on any atom is -0.494 e. The topological polar surface area (TPSA) is 45.5 Å². The lowest BCUT2D eigenvalue weighted by Crippen LogP contribution is -2.36. The molecule has 25 heavy (non-hydrogen) atoms. The van der Waals surface area contributed by atoms with Gasteiger partial charge in [0.1, 0.15) is 5.75 Å². The summed E-state index contributed by atoms with van der Waals surface area (Å²) in [5.74, 6) is 0.364. The number of imidazole rings is 1. The van der Waals surface area contributed by atoms with E-state index in [1.807, 2.05) is 22.9 Å². The van der Waals surface area contributed by atoms with Crippen molar-refractivity contribution >= 4 is 0 Å². The van der Waals surface area contributed by atoms with Crippen LogP contribution in [0.15, 0.2) is 43.0 Å². The van der Waals surface area contributed by atoms with E-state index in [1.54, 1.807) is 12.5 Å². The standard InChI is InChI=1S/C20H28N2O3/c1-3-4-13-23-19-7-5-18(6-8-19)9-10-20(24-14-17(2)25-20)15-22-12-11-21-16-22/h5-8,11-12,16-17H,3-4,9-10,13-15H2,1-2H3. The average molecular weight is 344 g/mol. The molecular formula is C20H28N2O3. The molecule has 2 atom stereocenters. The molecular weight excluding hydrogens is 316 g/mol. The highest BCUT2D eigenvalue weighted by Gasteiger charge is 2.39. The second-order valence-corrected chi connectivity index (χ2v) is 6.73. The largest absolute Gasteiger partial charge is 0.494 e. The van der Waals surface area contributed by atoms with Crippen molar-refractivity contribution in [2.45, 2.75) is 58.0 Å². The molecule has 5 heteroatoms. The second-order valence-electron chi connectivity index (χ2n) is 6.73. The predicted molar refractivity (Wildman–Crippen MR) is 96.6 cm³/mol. The lowest BCUT2D eigenvalue weighted by molar-refractivity contribution is -0.180. The van der Waals surface area contributed by atoms with Crippen molar-refractivity contribution in [1.29, 1.82) is 0 Å². The SMILES string of the molecule is CCCCOc1ccc(CCC2(Cn3ccnc3)OCC(C)O2)cc1. The first kappa shape index (κ1) is 18.0. The zero-order chi connectivity index (χ0) is 17.5. The summed E-state index contributed by atoms with van der Waals surface area (Å²) in [5, 5.41) is 0. The summed E-state index contributed by atoms with van der Waals surface area (Å²) in [6, 6.07) is 8.36. The van der Waals surface area contributed by atoms with Gasteiger partial charge >= 0.3 is 0 Å². The quantitative estimate of drug-likeness (QED) is 0.649. The van der Waals surface area contributed by atoms with E-state index in [9.17, 15) is 0 Å². The third-order valence-electron chi connectivity index (χ3n) is 4.46. The highest BCUT2D eigenvalue weighted by atomic mass is 16.7. The Balaban J connectivity index is 1.57. The fourth-order valence-electron chi connectivity index (χ4n) is 3.08.